The number of isocyanates is 1. The number of nitrogens with zero attached hydrogens (tertiary/aromatic N) is 1. The molecule has 0 spiro atoms. The number of halogens is 1. The van der Waals surface area contributed by atoms with Gasteiger partial charge in [-0.25, -0.2) is 9.18 Å². The Morgan fingerprint density at radius 2 is 1.69 bits per heavy atom. The van der Waals surface area contributed by atoms with Crippen LogP contribution in [0.2, 0.25) is 0 Å². The Balaban J connectivity index is 2.48. The number of carbonyl (C=O) groups excluding carboxylic acids is 1. The van der Waals surface area contributed by atoms with Crippen molar-refractivity contribution in [1.82, 2.24) is 0 Å². The van der Waals surface area contributed by atoms with E-state index in [0.717, 1.165) is 11.1 Å². The van der Waals surface area contributed by atoms with Crippen molar-refractivity contribution in [3.63, 3.8) is 0 Å². The van der Waals surface area contributed by atoms with E-state index in [9.17, 15) is 9.18 Å². The largest absolute Gasteiger partial charge is 0.240 e. The Morgan fingerprint density at radius 1 is 1.00 bits per heavy atom. The van der Waals surface area contributed by atoms with Crippen molar-refractivity contribution in [2.24, 2.45) is 4.99 Å². The lowest BCUT2D eigenvalue weighted by Crippen LogP contribution is -1.79. The highest BCUT2D eigenvalue weighted by Gasteiger charge is 1.99. The first-order valence-corrected chi connectivity index (χ1v) is 4.73. The van der Waals surface area contributed by atoms with Gasteiger partial charge in [0, 0.05) is 0 Å². The molecule has 3 heteroatoms. The molecule has 0 saturated carbocycles. The summed E-state index contributed by atoms with van der Waals surface area (Å²) < 4.78 is 13.0. The van der Waals surface area contributed by atoms with E-state index in [-0.39, 0.29) is 5.82 Å². The Hall–Kier alpha value is -2.25. The minimum Gasteiger partial charge on any atom is -0.211 e. The highest BCUT2D eigenvalue weighted by Crippen LogP contribution is 2.24. The van der Waals surface area contributed by atoms with E-state index in [4.69, 9.17) is 0 Å². The second-order valence-electron chi connectivity index (χ2n) is 3.26. The molecule has 0 unspecified atom stereocenters. The maximum absolute atomic E-state index is 13.0. The third kappa shape index (κ3) is 2.22. The van der Waals surface area contributed by atoms with Crippen LogP contribution in [0.15, 0.2) is 53.5 Å². The molecule has 0 atom stereocenters. The van der Waals surface area contributed by atoms with E-state index in [1.54, 1.807) is 30.3 Å². The zero-order chi connectivity index (χ0) is 11.4. The number of aliphatic imine (C=N–C) groups is 1. The van der Waals surface area contributed by atoms with Crippen LogP contribution in [0.25, 0.3) is 11.1 Å². The summed E-state index contributed by atoms with van der Waals surface area (Å²) in [6.45, 7) is 0. The van der Waals surface area contributed by atoms with Gasteiger partial charge >= 0.3 is 0 Å². The van der Waals surface area contributed by atoms with E-state index < -0.39 is 0 Å². The molecule has 2 nitrogen and oxygen atoms in total. The number of hydrogen-bond donors (Lipinski definition) is 0. The van der Waals surface area contributed by atoms with Crippen LogP contribution in [0.3, 0.4) is 0 Å². The molecule has 2 rings (SSSR count). The molecule has 0 aliphatic carbocycles. The van der Waals surface area contributed by atoms with Crippen molar-refractivity contribution in [3.8, 4) is 11.1 Å². The summed E-state index contributed by atoms with van der Waals surface area (Å²) >= 11 is 0. The van der Waals surface area contributed by atoms with E-state index in [0.29, 0.717) is 5.69 Å². The summed E-state index contributed by atoms with van der Waals surface area (Å²) in [4.78, 5) is 13.6. The molecule has 0 N–H and O–H groups in total. The Morgan fingerprint density at radius 3 is 2.38 bits per heavy atom. The topological polar surface area (TPSA) is 29.4 Å². The Kier molecular flexibility index (Phi) is 2.90. The summed E-state index contributed by atoms with van der Waals surface area (Å²) in [5.41, 5.74) is 2.08. The van der Waals surface area contributed by atoms with Crippen molar-refractivity contribution >= 4 is 11.8 Å². The monoisotopic (exact) mass is 213 g/mol. The standard InChI is InChI=1S/C13H8FNO/c14-12-5-1-3-10(7-12)11-4-2-6-13(8-11)15-9-16/h1-8H. The average molecular weight is 213 g/mol. The number of rotatable bonds is 2. The van der Waals surface area contributed by atoms with Gasteiger partial charge < -0.3 is 0 Å². The normalized spacial score (nSPS) is 9.56. The van der Waals surface area contributed by atoms with Gasteiger partial charge in [-0.05, 0) is 35.4 Å². The molecule has 0 aliphatic heterocycles. The first-order chi connectivity index (χ1) is 7.79. The lowest BCUT2D eigenvalue weighted by Gasteiger charge is -2.01. The van der Waals surface area contributed by atoms with Crippen molar-refractivity contribution in [1.29, 1.82) is 0 Å². The summed E-state index contributed by atoms with van der Waals surface area (Å²) in [7, 11) is 0. The maximum atomic E-state index is 13.0. The van der Waals surface area contributed by atoms with E-state index in [1.807, 2.05) is 6.07 Å². The van der Waals surface area contributed by atoms with Crippen molar-refractivity contribution in [2.45, 2.75) is 0 Å². The van der Waals surface area contributed by atoms with Crippen LogP contribution in [-0.2, 0) is 4.79 Å². The van der Waals surface area contributed by atoms with Gasteiger partial charge in [0.15, 0.2) is 0 Å². The fourth-order valence-corrected chi connectivity index (χ4v) is 1.48. The predicted octanol–water partition coefficient (Wildman–Crippen LogP) is 3.46. The molecule has 0 bridgehead atoms. The molecule has 2 aromatic rings. The van der Waals surface area contributed by atoms with Gasteiger partial charge in [-0.3, -0.25) is 0 Å². The third-order valence-electron chi connectivity index (χ3n) is 2.18. The Labute approximate surface area is 92.1 Å². The van der Waals surface area contributed by atoms with E-state index in [2.05, 4.69) is 4.99 Å². The lowest BCUT2D eigenvalue weighted by atomic mass is 10.1. The van der Waals surface area contributed by atoms with Gasteiger partial charge in [-0.2, -0.15) is 4.99 Å². The molecule has 78 valence electrons. The van der Waals surface area contributed by atoms with Gasteiger partial charge in [-0.1, -0.05) is 24.3 Å². The number of hydrogen-bond acceptors (Lipinski definition) is 2. The van der Waals surface area contributed by atoms with Gasteiger partial charge in [0.25, 0.3) is 0 Å². The third-order valence-corrected chi connectivity index (χ3v) is 2.18. The van der Waals surface area contributed by atoms with Crippen LogP contribution in [-0.4, -0.2) is 6.08 Å². The SMILES string of the molecule is O=C=Nc1cccc(-c2cccc(F)c2)c1. The summed E-state index contributed by atoms with van der Waals surface area (Å²) in [6, 6.07) is 13.2. The summed E-state index contributed by atoms with van der Waals surface area (Å²) in [6.07, 6.45) is 1.47. The fraction of sp³-hybridized carbons (Fsp3) is 0. The van der Waals surface area contributed by atoms with Gasteiger partial charge in [0.1, 0.15) is 5.82 Å². The molecule has 0 aromatic heterocycles. The average Bonchev–Trinajstić information content (AvgIpc) is 2.30. The van der Waals surface area contributed by atoms with Gasteiger partial charge in [0.2, 0.25) is 6.08 Å². The van der Waals surface area contributed by atoms with Crippen LogP contribution < -0.4 is 0 Å². The zero-order valence-corrected chi connectivity index (χ0v) is 8.35. The minimum absolute atomic E-state index is 0.290. The van der Waals surface area contributed by atoms with Crippen LogP contribution in [0, 0.1) is 5.82 Å². The number of benzene rings is 2. The van der Waals surface area contributed by atoms with Crippen LogP contribution in [0.4, 0.5) is 10.1 Å². The second-order valence-corrected chi connectivity index (χ2v) is 3.26. The fourth-order valence-electron chi connectivity index (χ4n) is 1.48. The molecule has 0 aliphatic rings. The van der Waals surface area contributed by atoms with Crippen molar-refractivity contribution < 1.29 is 9.18 Å². The van der Waals surface area contributed by atoms with Gasteiger partial charge in [-0.15, -0.1) is 0 Å². The van der Waals surface area contributed by atoms with E-state index >= 15 is 0 Å². The van der Waals surface area contributed by atoms with Crippen molar-refractivity contribution in [3.05, 3.63) is 54.3 Å². The first kappa shape index (κ1) is 10.3. The summed E-state index contributed by atoms with van der Waals surface area (Å²) in [5, 5.41) is 0. The van der Waals surface area contributed by atoms with Gasteiger partial charge in [0.05, 0.1) is 5.69 Å². The molecular weight excluding hydrogens is 205 g/mol. The molecule has 0 amide bonds. The van der Waals surface area contributed by atoms with E-state index in [1.165, 1.54) is 18.2 Å². The molecule has 16 heavy (non-hydrogen) atoms. The minimum atomic E-state index is -0.290. The van der Waals surface area contributed by atoms with Crippen LogP contribution in [0.1, 0.15) is 0 Å². The smallest absolute Gasteiger partial charge is 0.211 e. The quantitative estimate of drug-likeness (QED) is 0.554. The van der Waals surface area contributed by atoms with Crippen LogP contribution in [0.5, 0.6) is 0 Å². The molecule has 2 aromatic carbocycles. The molecule has 0 saturated heterocycles. The zero-order valence-electron chi connectivity index (χ0n) is 8.35. The second kappa shape index (κ2) is 4.51. The Bertz CT molecular complexity index is 559. The molecule has 0 radical (unpaired) electrons. The maximum Gasteiger partial charge on any atom is 0.240 e. The highest BCUT2D eigenvalue weighted by atomic mass is 19.1. The molecule has 0 fully saturated rings. The van der Waals surface area contributed by atoms with Crippen molar-refractivity contribution in [2.75, 3.05) is 0 Å². The molecular formula is C13H8FNO. The highest BCUT2D eigenvalue weighted by molar-refractivity contribution is 5.67. The predicted molar refractivity (Wildman–Crippen MR) is 59.6 cm³/mol. The first-order valence-electron chi connectivity index (χ1n) is 4.73. The van der Waals surface area contributed by atoms with Crippen LogP contribution >= 0.6 is 0 Å². The molecule has 0 heterocycles. The lowest BCUT2D eigenvalue weighted by molar-refractivity contribution is 0.565. The summed E-state index contributed by atoms with van der Waals surface area (Å²) in [5.74, 6) is -0.290.